The highest BCUT2D eigenvalue weighted by molar-refractivity contribution is 5.81. The summed E-state index contributed by atoms with van der Waals surface area (Å²) in [5.74, 6) is -0.450. The van der Waals surface area contributed by atoms with Crippen LogP contribution in [0, 0.1) is 29.1 Å². The van der Waals surface area contributed by atoms with Gasteiger partial charge >= 0.3 is 0 Å². The van der Waals surface area contributed by atoms with E-state index in [0.29, 0.717) is 13.0 Å². The molecule has 0 saturated heterocycles. The molecule has 224 valence electrons. The first-order chi connectivity index (χ1) is 17.1. The smallest absolute Gasteiger partial charge is 0.275 e. The number of carbonyl (C=O) groups is 1. The van der Waals surface area contributed by atoms with Crippen molar-refractivity contribution in [3.05, 3.63) is 0 Å². The number of carbonyl (C=O) groups excluding carboxylic acids is 1. The fourth-order valence-electron chi connectivity index (χ4n) is 4.19. The van der Waals surface area contributed by atoms with Crippen LogP contribution < -0.4 is 5.32 Å². The zero-order chi connectivity index (χ0) is 29.1. The molecule has 0 radical (unpaired) electrons. The summed E-state index contributed by atoms with van der Waals surface area (Å²) in [6.07, 6.45) is 10.6. The maximum Gasteiger partial charge on any atom is 0.275 e. The first kappa shape index (κ1) is 38.4. The van der Waals surface area contributed by atoms with Gasteiger partial charge in [-0.25, -0.2) is 0 Å². The van der Waals surface area contributed by atoms with E-state index in [4.69, 9.17) is 25.5 Å². The minimum atomic E-state index is -2.50. The van der Waals surface area contributed by atoms with Crippen LogP contribution >= 0.6 is 0 Å². The summed E-state index contributed by atoms with van der Waals surface area (Å²) in [4.78, 5) is 11.3. The van der Waals surface area contributed by atoms with E-state index in [1.807, 2.05) is 6.92 Å². The summed E-state index contributed by atoms with van der Waals surface area (Å²) in [5.41, 5.74) is -0.844. The monoisotopic (exact) mass is 535 g/mol. The van der Waals surface area contributed by atoms with Gasteiger partial charge in [-0.15, -0.1) is 0 Å². The highest BCUT2D eigenvalue weighted by Crippen LogP contribution is 2.24. The zero-order valence-electron chi connectivity index (χ0n) is 24.9. The van der Waals surface area contributed by atoms with Crippen LogP contribution in [0.4, 0.5) is 0 Å². The first-order valence-electron chi connectivity index (χ1n) is 14.4. The lowest BCUT2D eigenvalue weighted by atomic mass is 9.87. The average Bonchev–Trinajstić information content (AvgIpc) is 2.77. The van der Waals surface area contributed by atoms with Gasteiger partial charge in [0.2, 0.25) is 5.91 Å². The van der Waals surface area contributed by atoms with E-state index in [-0.39, 0.29) is 25.6 Å². The second-order valence-electron chi connectivity index (χ2n) is 12.4. The Morgan fingerprint density at radius 1 is 0.730 bits per heavy atom. The number of hydrogen-bond acceptors (Lipinski definition) is 7. The fraction of sp³-hybridized carbons (Fsp3) is 0.966. The molecule has 0 aliphatic carbocycles. The van der Waals surface area contributed by atoms with E-state index in [9.17, 15) is 9.90 Å². The number of hydrogen-bond donors (Lipinski definition) is 7. The third kappa shape index (κ3) is 24.0. The molecule has 0 heterocycles. The van der Waals surface area contributed by atoms with Crippen LogP contribution in [0.2, 0.25) is 0 Å². The minimum Gasteiger partial charge on any atom is -0.396 e. The van der Waals surface area contributed by atoms with Crippen molar-refractivity contribution in [2.75, 3.05) is 19.8 Å². The van der Waals surface area contributed by atoms with Gasteiger partial charge in [0.05, 0.1) is 6.61 Å². The van der Waals surface area contributed by atoms with Gasteiger partial charge in [-0.3, -0.25) is 4.79 Å². The Balaban J connectivity index is 0. The Morgan fingerprint density at radius 3 is 1.54 bits per heavy atom. The third-order valence-corrected chi connectivity index (χ3v) is 6.92. The van der Waals surface area contributed by atoms with Crippen LogP contribution in [0.3, 0.4) is 0 Å². The average molecular weight is 536 g/mol. The molecule has 0 aromatic heterocycles. The van der Waals surface area contributed by atoms with Crippen LogP contribution in [0.1, 0.15) is 119 Å². The number of rotatable bonds is 20. The lowest BCUT2D eigenvalue weighted by Crippen LogP contribution is -2.45. The predicted octanol–water partition coefficient (Wildman–Crippen LogP) is 3.95. The maximum atomic E-state index is 11.3. The van der Waals surface area contributed by atoms with Crippen LogP contribution in [0.25, 0.3) is 0 Å². The molecular formula is C29H61NO7. The molecule has 4 unspecified atom stereocenters. The first-order valence-corrected chi connectivity index (χ1v) is 14.4. The van der Waals surface area contributed by atoms with Gasteiger partial charge in [-0.2, -0.15) is 0 Å². The molecule has 0 saturated carbocycles. The number of aliphatic hydroxyl groups is 6. The second-order valence-corrected chi connectivity index (χ2v) is 12.4. The quantitative estimate of drug-likeness (QED) is 0.0921. The van der Waals surface area contributed by atoms with E-state index in [0.717, 1.165) is 30.6 Å². The van der Waals surface area contributed by atoms with Crippen molar-refractivity contribution in [3.8, 4) is 0 Å². The summed E-state index contributed by atoms with van der Waals surface area (Å²) in [5, 5.41) is 56.3. The molecule has 0 aliphatic heterocycles. The van der Waals surface area contributed by atoms with Crippen LogP contribution in [0.5, 0.6) is 0 Å². The maximum absolute atomic E-state index is 11.3. The van der Waals surface area contributed by atoms with Crippen molar-refractivity contribution in [2.45, 2.75) is 131 Å². The Labute approximate surface area is 226 Å². The van der Waals surface area contributed by atoms with E-state index < -0.39 is 23.4 Å². The lowest BCUT2D eigenvalue weighted by Gasteiger charge is -2.27. The molecule has 1 amide bonds. The molecule has 7 N–H and O–H groups in total. The third-order valence-electron chi connectivity index (χ3n) is 6.92. The van der Waals surface area contributed by atoms with Crippen molar-refractivity contribution in [1.82, 2.24) is 5.32 Å². The summed E-state index contributed by atoms with van der Waals surface area (Å²) in [7, 11) is 0. The normalized spacial score (nSPS) is 15.5. The standard InChI is InChI=1S/C20H42O3.C9H19NO4/c1-16(2)9-6-10-17(3)11-7-12-18(4)13-8-14-19(5)15-20(21,22)23;1-9(2,6-12)7(13)8(14)10-4-3-5-11/h16-19,21-23H,6-15H2,1-5H3;7,11-13H,3-6H2,1-2H3,(H,10,14). The SMILES string of the molecule is CC(C)(CO)C(O)C(=O)NCCCO.CC(C)CCCC(C)CCCC(C)CCCC(C)CC(O)(O)O. The molecule has 0 aromatic rings. The molecule has 37 heavy (non-hydrogen) atoms. The fourth-order valence-corrected chi connectivity index (χ4v) is 4.19. The molecule has 0 aliphatic rings. The Hall–Kier alpha value is -0.770. The Kier molecular flexibility index (Phi) is 21.9. The molecule has 8 heteroatoms. The topological polar surface area (TPSA) is 150 Å². The van der Waals surface area contributed by atoms with E-state index in [1.54, 1.807) is 13.8 Å². The molecule has 0 aromatic carbocycles. The van der Waals surface area contributed by atoms with E-state index >= 15 is 0 Å². The van der Waals surface area contributed by atoms with Gasteiger partial charge in [0.25, 0.3) is 5.97 Å². The molecular weight excluding hydrogens is 474 g/mol. The summed E-state index contributed by atoms with van der Waals surface area (Å²) in [6.45, 7) is 14.5. The van der Waals surface area contributed by atoms with Gasteiger partial charge in [0, 0.05) is 25.0 Å². The van der Waals surface area contributed by atoms with Gasteiger partial charge < -0.3 is 36.0 Å². The summed E-state index contributed by atoms with van der Waals surface area (Å²) >= 11 is 0. The second kappa shape index (κ2) is 21.1. The minimum absolute atomic E-state index is 0.000230. The van der Waals surface area contributed by atoms with Crippen molar-refractivity contribution >= 4 is 5.91 Å². The van der Waals surface area contributed by atoms with Crippen molar-refractivity contribution < 1.29 is 35.4 Å². The molecule has 0 fully saturated rings. The molecule has 8 nitrogen and oxygen atoms in total. The molecule has 0 rings (SSSR count). The molecule has 4 atom stereocenters. The van der Waals surface area contributed by atoms with Crippen molar-refractivity contribution in [1.29, 1.82) is 0 Å². The van der Waals surface area contributed by atoms with Crippen molar-refractivity contribution in [2.24, 2.45) is 29.1 Å². The molecule has 0 bridgehead atoms. The Morgan fingerprint density at radius 2 is 1.16 bits per heavy atom. The van der Waals surface area contributed by atoms with Crippen molar-refractivity contribution in [3.63, 3.8) is 0 Å². The van der Waals surface area contributed by atoms with Crippen LogP contribution in [0.15, 0.2) is 0 Å². The lowest BCUT2D eigenvalue weighted by molar-refractivity contribution is -0.319. The van der Waals surface area contributed by atoms with Gasteiger partial charge in [0.15, 0.2) is 0 Å². The number of nitrogens with one attached hydrogen (secondary N) is 1. The molecule has 0 spiro atoms. The predicted molar refractivity (Wildman–Crippen MR) is 149 cm³/mol. The van der Waals surface area contributed by atoms with E-state index in [1.165, 1.54) is 44.9 Å². The largest absolute Gasteiger partial charge is 0.396 e. The number of aliphatic hydroxyl groups excluding tert-OH is 3. The van der Waals surface area contributed by atoms with Crippen LogP contribution in [-0.2, 0) is 4.79 Å². The summed E-state index contributed by atoms with van der Waals surface area (Å²) in [6, 6.07) is 0. The Bertz CT molecular complexity index is 549. The van der Waals surface area contributed by atoms with E-state index in [2.05, 4.69) is 33.0 Å². The van der Waals surface area contributed by atoms with Gasteiger partial charge in [-0.05, 0) is 30.1 Å². The highest BCUT2D eigenvalue weighted by atomic mass is 16.7. The zero-order valence-corrected chi connectivity index (χ0v) is 24.9. The van der Waals surface area contributed by atoms with Gasteiger partial charge in [0.1, 0.15) is 6.10 Å². The van der Waals surface area contributed by atoms with Crippen LogP contribution in [-0.4, -0.2) is 68.4 Å². The summed E-state index contributed by atoms with van der Waals surface area (Å²) < 4.78 is 0. The highest BCUT2D eigenvalue weighted by Gasteiger charge is 2.32. The van der Waals surface area contributed by atoms with Gasteiger partial charge in [-0.1, -0.05) is 106 Å². The number of amides is 1.